The highest BCUT2D eigenvalue weighted by Gasteiger charge is 2.22. The largest absolute Gasteiger partial charge is 0.461 e. The van der Waals surface area contributed by atoms with Crippen molar-refractivity contribution in [3.8, 4) is 0 Å². The zero-order valence-corrected chi connectivity index (χ0v) is 10.6. The summed E-state index contributed by atoms with van der Waals surface area (Å²) in [5.74, 6) is 0.543. The van der Waals surface area contributed by atoms with Gasteiger partial charge in [-0.05, 0) is 39.1 Å². The molecule has 1 aliphatic heterocycles. The molecular weight excluding hydrogens is 216 g/mol. The number of rotatable bonds is 3. The van der Waals surface area contributed by atoms with E-state index in [0.717, 1.165) is 26.1 Å². The van der Waals surface area contributed by atoms with Gasteiger partial charge < -0.3 is 9.32 Å². The number of carbonyl (C=O) groups excluding carboxylic acids is 1. The fourth-order valence-electron chi connectivity index (χ4n) is 2.36. The first-order chi connectivity index (χ1) is 8.16. The summed E-state index contributed by atoms with van der Waals surface area (Å²) in [6.07, 6.45) is 2.67. The number of nitrogens with zero attached hydrogens (tertiary/aromatic N) is 2. The normalized spacial score (nSPS) is 23.5. The summed E-state index contributed by atoms with van der Waals surface area (Å²) >= 11 is 0. The second-order valence-corrected chi connectivity index (χ2v) is 4.84. The molecule has 1 aromatic heterocycles. The molecule has 1 aliphatic rings. The highest BCUT2D eigenvalue weighted by Crippen LogP contribution is 2.10. The van der Waals surface area contributed by atoms with Crippen LogP contribution < -0.4 is 0 Å². The Hall–Kier alpha value is -1.13. The van der Waals surface area contributed by atoms with E-state index >= 15 is 0 Å². The summed E-state index contributed by atoms with van der Waals surface area (Å²) in [6, 6.07) is 3.91. The van der Waals surface area contributed by atoms with Crippen molar-refractivity contribution in [1.82, 2.24) is 9.80 Å². The molecule has 1 atom stereocenters. The number of carbonyl (C=O) groups is 1. The number of likely N-dealkylation sites (N-methyl/N-ethyl adjacent to an activating group) is 1. The second kappa shape index (κ2) is 5.47. The van der Waals surface area contributed by atoms with Gasteiger partial charge in [0.2, 0.25) is 5.78 Å². The molecule has 0 aromatic carbocycles. The summed E-state index contributed by atoms with van der Waals surface area (Å²) in [5.41, 5.74) is 0. The van der Waals surface area contributed by atoms with E-state index in [4.69, 9.17) is 4.42 Å². The van der Waals surface area contributed by atoms with Crippen molar-refractivity contribution in [1.29, 1.82) is 0 Å². The van der Waals surface area contributed by atoms with Crippen LogP contribution in [0.4, 0.5) is 0 Å². The fraction of sp³-hybridized carbons (Fsp3) is 0.615. The van der Waals surface area contributed by atoms with Gasteiger partial charge in [-0.2, -0.15) is 0 Å². The van der Waals surface area contributed by atoms with Crippen molar-refractivity contribution in [2.45, 2.75) is 19.4 Å². The van der Waals surface area contributed by atoms with E-state index < -0.39 is 0 Å². The van der Waals surface area contributed by atoms with Crippen LogP contribution in [0.1, 0.15) is 23.9 Å². The topological polar surface area (TPSA) is 36.7 Å². The Balaban J connectivity index is 1.95. The molecule has 0 aliphatic carbocycles. The monoisotopic (exact) mass is 236 g/mol. The van der Waals surface area contributed by atoms with Gasteiger partial charge in [0.15, 0.2) is 5.76 Å². The zero-order valence-electron chi connectivity index (χ0n) is 10.6. The molecule has 0 N–H and O–H groups in total. The van der Waals surface area contributed by atoms with Gasteiger partial charge in [-0.1, -0.05) is 0 Å². The first kappa shape index (κ1) is 12.3. The van der Waals surface area contributed by atoms with E-state index in [9.17, 15) is 4.79 Å². The first-order valence-electron chi connectivity index (χ1n) is 6.16. The van der Waals surface area contributed by atoms with E-state index in [2.05, 4.69) is 23.8 Å². The van der Waals surface area contributed by atoms with Crippen LogP contribution in [0.2, 0.25) is 0 Å². The van der Waals surface area contributed by atoms with Crippen LogP contribution in [0.25, 0.3) is 0 Å². The molecule has 17 heavy (non-hydrogen) atoms. The Kier molecular flexibility index (Phi) is 3.97. The van der Waals surface area contributed by atoms with E-state index in [-0.39, 0.29) is 5.78 Å². The minimum Gasteiger partial charge on any atom is -0.461 e. The molecule has 1 unspecified atom stereocenters. The molecule has 2 heterocycles. The number of furan rings is 1. The molecule has 1 aromatic rings. The van der Waals surface area contributed by atoms with Gasteiger partial charge in [0.25, 0.3) is 0 Å². The van der Waals surface area contributed by atoms with Gasteiger partial charge in [-0.3, -0.25) is 9.69 Å². The third kappa shape index (κ3) is 3.17. The maximum atomic E-state index is 12.0. The van der Waals surface area contributed by atoms with Crippen molar-refractivity contribution in [3.05, 3.63) is 24.2 Å². The van der Waals surface area contributed by atoms with Crippen LogP contribution in [-0.4, -0.2) is 54.9 Å². The highest BCUT2D eigenvalue weighted by molar-refractivity contribution is 5.95. The molecule has 0 amide bonds. The van der Waals surface area contributed by atoms with E-state index in [1.165, 1.54) is 0 Å². The second-order valence-electron chi connectivity index (χ2n) is 4.84. The Labute approximate surface area is 102 Å². The van der Waals surface area contributed by atoms with Gasteiger partial charge in [0.05, 0.1) is 12.8 Å². The quantitative estimate of drug-likeness (QED) is 0.745. The SMILES string of the molecule is CC1CN(C)CCCN1CC(=O)c1ccco1. The number of hydrogen-bond donors (Lipinski definition) is 0. The van der Waals surface area contributed by atoms with Crippen LogP contribution >= 0.6 is 0 Å². The standard InChI is InChI=1S/C13H20N2O2/c1-11-9-14(2)6-4-7-15(11)10-12(16)13-5-3-8-17-13/h3,5,8,11H,4,6-7,9-10H2,1-2H3. The molecule has 0 bridgehead atoms. The molecule has 0 saturated carbocycles. The average Bonchev–Trinajstić information content (AvgIpc) is 2.75. The lowest BCUT2D eigenvalue weighted by Gasteiger charge is -2.26. The van der Waals surface area contributed by atoms with Crippen molar-refractivity contribution in [2.75, 3.05) is 33.2 Å². The molecule has 2 rings (SSSR count). The lowest BCUT2D eigenvalue weighted by Crippen LogP contribution is -2.40. The molecule has 0 spiro atoms. The van der Waals surface area contributed by atoms with Crippen molar-refractivity contribution in [2.24, 2.45) is 0 Å². The molecule has 1 saturated heterocycles. The summed E-state index contributed by atoms with van der Waals surface area (Å²) in [4.78, 5) is 16.5. The highest BCUT2D eigenvalue weighted by atomic mass is 16.3. The van der Waals surface area contributed by atoms with Gasteiger partial charge in [-0.25, -0.2) is 0 Å². The Morgan fingerprint density at radius 2 is 2.35 bits per heavy atom. The predicted octanol–water partition coefficient (Wildman–Crippen LogP) is 1.49. The predicted molar refractivity (Wildman–Crippen MR) is 66.2 cm³/mol. The summed E-state index contributed by atoms with van der Waals surface area (Å²) in [5, 5.41) is 0. The summed E-state index contributed by atoms with van der Waals surface area (Å²) in [7, 11) is 2.13. The minimum atomic E-state index is 0.0754. The van der Waals surface area contributed by atoms with Gasteiger partial charge >= 0.3 is 0 Å². The molecule has 4 heteroatoms. The minimum absolute atomic E-state index is 0.0754. The lowest BCUT2D eigenvalue weighted by atomic mass is 10.2. The van der Waals surface area contributed by atoms with Gasteiger partial charge in [0, 0.05) is 19.1 Å². The first-order valence-corrected chi connectivity index (χ1v) is 6.16. The third-order valence-corrected chi connectivity index (χ3v) is 3.33. The van der Waals surface area contributed by atoms with Crippen LogP contribution in [0.5, 0.6) is 0 Å². The van der Waals surface area contributed by atoms with E-state index in [0.29, 0.717) is 18.3 Å². The van der Waals surface area contributed by atoms with Gasteiger partial charge in [0.1, 0.15) is 0 Å². The summed E-state index contributed by atoms with van der Waals surface area (Å²) in [6.45, 7) is 5.75. The van der Waals surface area contributed by atoms with Crippen LogP contribution in [0.15, 0.2) is 22.8 Å². The Morgan fingerprint density at radius 1 is 1.53 bits per heavy atom. The van der Waals surface area contributed by atoms with Crippen molar-refractivity contribution >= 4 is 5.78 Å². The van der Waals surface area contributed by atoms with Crippen LogP contribution in [-0.2, 0) is 0 Å². The molecule has 4 nitrogen and oxygen atoms in total. The molecule has 94 valence electrons. The summed E-state index contributed by atoms with van der Waals surface area (Å²) < 4.78 is 5.14. The smallest absolute Gasteiger partial charge is 0.211 e. The van der Waals surface area contributed by atoms with Gasteiger partial charge in [-0.15, -0.1) is 0 Å². The van der Waals surface area contributed by atoms with Crippen molar-refractivity contribution < 1.29 is 9.21 Å². The van der Waals surface area contributed by atoms with Crippen LogP contribution in [0, 0.1) is 0 Å². The third-order valence-electron chi connectivity index (χ3n) is 3.33. The molecule has 1 fully saturated rings. The van der Waals surface area contributed by atoms with Crippen molar-refractivity contribution in [3.63, 3.8) is 0 Å². The maximum Gasteiger partial charge on any atom is 0.211 e. The Bertz CT molecular complexity index is 362. The number of Topliss-reactive ketones (excluding diaryl/α,β-unsaturated/α-hetero) is 1. The lowest BCUT2D eigenvalue weighted by molar-refractivity contribution is 0.0873. The zero-order chi connectivity index (χ0) is 12.3. The van der Waals surface area contributed by atoms with Crippen LogP contribution in [0.3, 0.4) is 0 Å². The molecular formula is C13H20N2O2. The Morgan fingerprint density at radius 3 is 3.06 bits per heavy atom. The van der Waals surface area contributed by atoms with E-state index in [1.54, 1.807) is 18.4 Å². The average molecular weight is 236 g/mol. The van der Waals surface area contributed by atoms with E-state index in [1.807, 2.05) is 0 Å². The number of hydrogen-bond acceptors (Lipinski definition) is 4. The molecule has 0 radical (unpaired) electrons. The maximum absolute atomic E-state index is 12.0. The number of ketones is 1. The fourth-order valence-corrected chi connectivity index (χ4v) is 2.36.